The van der Waals surface area contributed by atoms with E-state index in [1.54, 1.807) is 7.11 Å². The lowest BCUT2D eigenvalue weighted by Crippen LogP contribution is -2.57. The first-order valence-corrected chi connectivity index (χ1v) is 17.6. The highest BCUT2D eigenvalue weighted by molar-refractivity contribution is 7.19. The first-order valence-electron chi connectivity index (χ1n) is 16.8. The van der Waals surface area contributed by atoms with E-state index < -0.39 is 5.60 Å². The maximum absolute atomic E-state index is 13.2. The molecule has 1 amide bonds. The number of anilines is 1. The Bertz CT molecular complexity index is 1800. The lowest BCUT2D eigenvalue weighted by atomic mass is 9.95. The van der Waals surface area contributed by atoms with Gasteiger partial charge in [0.25, 0.3) is 5.19 Å². The SMILES string of the molecule is COc1cc(Oc2nc3c(N4CC5CCC(C4)N5C(=O)OC(C)(C)C)nc(OCC45CCCN4CCC5)nc3s2)c2ccccc2c1. The van der Waals surface area contributed by atoms with Crippen LogP contribution in [0.25, 0.3) is 21.1 Å². The Labute approximate surface area is 278 Å². The second kappa shape index (κ2) is 11.7. The van der Waals surface area contributed by atoms with Gasteiger partial charge in [-0.25, -0.2) is 4.79 Å². The third kappa shape index (κ3) is 5.69. The van der Waals surface area contributed by atoms with E-state index in [4.69, 9.17) is 33.9 Å². The molecule has 2 atom stereocenters. The van der Waals surface area contributed by atoms with Gasteiger partial charge in [-0.05, 0) is 83.8 Å². The van der Waals surface area contributed by atoms with Crippen molar-refractivity contribution in [2.75, 3.05) is 44.8 Å². The van der Waals surface area contributed by atoms with E-state index in [9.17, 15) is 4.79 Å². The number of hydrogen-bond donors (Lipinski definition) is 0. The van der Waals surface area contributed by atoms with Crippen LogP contribution >= 0.6 is 11.3 Å². The molecule has 2 aromatic carbocycles. The molecule has 0 N–H and O–H groups in total. The van der Waals surface area contributed by atoms with Gasteiger partial charge in [0.1, 0.15) is 29.2 Å². The molecule has 248 valence electrons. The quantitative estimate of drug-likeness (QED) is 0.215. The molecule has 2 bridgehead atoms. The number of methoxy groups -OCH3 is 1. The summed E-state index contributed by atoms with van der Waals surface area (Å²) < 4.78 is 24.3. The molecule has 0 aliphatic carbocycles. The highest BCUT2D eigenvalue weighted by atomic mass is 32.1. The fourth-order valence-electron chi connectivity index (χ4n) is 7.99. The highest BCUT2D eigenvalue weighted by Gasteiger charge is 2.46. The van der Waals surface area contributed by atoms with Gasteiger partial charge in [-0.2, -0.15) is 15.0 Å². The molecule has 4 aliphatic heterocycles. The molecule has 4 fully saturated rings. The van der Waals surface area contributed by atoms with Crippen molar-refractivity contribution in [3.8, 4) is 22.7 Å². The van der Waals surface area contributed by atoms with Gasteiger partial charge < -0.3 is 23.8 Å². The molecule has 2 unspecified atom stereocenters. The van der Waals surface area contributed by atoms with E-state index in [0.29, 0.717) is 52.7 Å². The van der Waals surface area contributed by atoms with Crippen LogP contribution in [0.15, 0.2) is 36.4 Å². The Kier molecular flexibility index (Phi) is 7.55. The molecule has 6 heterocycles. The van der Waals surface area contributed by atoms with Crippen molar-refractivity contribution in [3.63, 3.8) is 0 Å². The average molecular weight is 659 g/mol. The zero-order chi connectivity index (χ0) is 32.3. The molecule has 8 rings (SSSR count). The van der Waals surface area contributed by atoms with Gasteiger partial charge in [0, 0.05) is 24.5 Å². The Hall–Kier alpha value is -3.90. The zero-order valence-corrected chi connectivity index (χ0v) is 28.3. The summed E-state index contributed by atoms with van der Waals surface area (Å²) in [6, 6.07) is 12.4. The fraction of sp³-hybridized carbons (Fsp3) is 0.543. The molecule has 4 aromatic rings. The Morgan fingerprint density at radius 2 is 1.77 bits per heavy atom. The van der Waals surface area contributed by atoms with Crippen molar-refractivity contribution in [1.82, 2.24) is 24.8 Å². The van der Waals surface area contributed by atoms with E-state index in [1.807, 2.05) is 62.1 Å². The standard InChI is InChI=1S/C35H42N6O5S/c1-34(2,3)46-33(42)41-23-11-12-24(41)20-39(19-23)29-28-30(38-31(37-29)44-21-35-13-7-15-40(35)16-8-14-35)47-32(36-28)45-27-18-25(43-4)17-22-9-5-6-10-26(22)27/h5-6,9-10,17-18,23-24H,7-8,11-16,19-21H2,1-4H3. The van der Waals surface area contributed by atoms with Gasteiger partial charge in [-0.15, -0.1) is 0 Å². The highest BCUT2D eigenvalue weighted by Crippen LogP contribution is 2.42. The van der Waals surface area contributed by atoms with Crippen LogP contribution in [0.2, 0.25) is 0 Å². The van der Waals surface area contributed by atoms with Crippen molar-refractivity contribution in [2.24, 2.45) is 0 Å². The Morgan fingerprint density at radius 3 is 2.49 bits per heavy atom. The summed E-state index contributed by atoms with van der Waals surface area (Å²) in [7, 11) is 1.65. The van der Waals surface area contributed by atoms with Crippen LogP contribution in [0.1, 0.15) is 59.3 Å². The summed E-state index contributed by atoms with van der Waals surface area (Å²) in [6.07, 6.45) is 6.29. The Morgan fingerprint density at radius 1 is 1.02 bits per heavy atom. The molecule has 0 spiro atoms. The maximum atomic E-state index is 13.2. The average Bonchev–Trinajstić information content (AvgIpc) is 3.80. The summed E-state index contributed by atoms with van der Waals surface area (Å²) in [4.78, 5) is 35.6. The number of piperazine rings is 1. The predicted octanol–water partition coefficient (Wildman–Crippen LogP) is 6.64. The predicted molar refractivity (Wildman–Crippen MR) is 181 cm³/mol. The summed E-state index contributed by atoms with van der Waals surface area (Å²) in [5.41, 5.74) is 0.208. The van der Waals surface area contributed by atoms with Gasteiger partial charge in [-0.1, -0.05) is 35.6 Å². The van der Waals surface area contributed by atoms with E-state index in [-0.39, 0.29) is 23.7 Å². The van der Waals surface area contributed by atoms with Crippen molar-refractivity contribution in [1.29, 1.82) is 0 Å². The number of ether oxygens (including phenoxy) is 4. The minimum atomic E-state index is -0.544. The number of benzene rings is 2. The van der Waals surface area contributed by atoms with Crippen molar-refractivity contribution < 1.29 is 23.7 Å². The molecule has 2 aromatic heterocycles. The number of carbonyl (C=O) groups excluding carboxylic acids is 1. The van der Waals surface area contributed by atoms with Gasteiger partial charge >= 0.3 is 12.1 Å². The topological polar surface area (TPSA) is 102 Å². The summed E-state index contributed by atoms with van der Waals surface area (Å²) in [6.45, 7) is 9.84. The smallest absolute Gasteiger partial charge is 0.410 e. The van der Waals surface area contributed by atoms with Crippen molar-refractivity contribution in [2.45, 2.75) is 82.5 Å². The van der Waals surface area contributed by atoms with Crippen molar-refractivity contribution >= 4 is 44.4 Å². The van der Waals surface area contributed by atoms with Crippen LogP contribution in [0.3, 0.4) is 0 Å². The van der Waals surface area contributed by atoms with Crippen molar-refractivity contribution in [3.05, 3.63) is 36.4 Å². The summed E-state index contributed by atoms with van der Waals surface area (Å²) in [5.74, 6) is 2.09. The minimum Gasteiger partial charge on any atom is -0.497 e. The number of fused-ring (bicyclic) bond motifs is 5. The first kappa shape index (κ1) is 30.4. The molecular weight excluding hydrogens is 616 g/mol. The molecule has 0 saturated carbocycles. The van der Waals surface area contributed by atoms with Crippen LogP contribution in [0, 0.1) is 0 Å². The van der Waals surface area contributed by atoms with E-state index >= 15 is 0 Å². The molecule has 11 nitrogen and oxygen atoms in total. The van der Waals surface area contributed by atoms with Gasteiger partial charge in [-0.3, -0.25) is 9.80 Å². The number of carbonyl (C=O) groups is 1. The van der Waals surface area contributed by atoms with Gasteiger partial charge in [0.2, 0.25) is 0 Å². The summed E-state index contributed by atoms with van der Waals surface area (Å²) >= 11 is 1.38. The largest absolute Gasteiger partial charge is 0.497 e. The molecule has 4 saturated heterocycles. The monoisotopic (exact) mass is 658 g/mol. The lowest BCUT2D eigenvalue weighted by molar-refractivity contribution is 0.0122. The number of amides is 1. The first-order chi connectivity index (χ1) is 22.7. The number of hydrogen-bond acceptors (Lipinski definition) is 11. The van der Waals surface area contributed by atoms with E-state index in [1.165, 1.54) is 24.2 Å². The third-order valence-electron chi connectivity index (χ3n) is 10.1. The number of nitrogens with zero attached hydrogens (tertiary/aromatic N) is 6. The molecular formula is C35H42N6O5S. The molecule has 4 aliphatic rings. The fourth-order valence-corrected chi connectivity index (χ4v) is 8.78. The lowest BCUT2D eigenvalue weighted by Gasteiger charge is -2.41. The van der Waals surface area contributed by atoms with Crippen LogP contribution < -0.4 is 19.1 Å². The number of thiazole rings is 1. The second-order valence-corrected chi connectivity index (χ2v) is 15.2. The van der Waals surface area contributed by atoms with Crippen LogP contribution in [-0.4, -0.2) is 94.0 Å². The third-order valence-corrected chi connectivity index (χ3v) is 10.9. The molecule has 47 heavy (non-hydrogen) atoms. The number of aromatic nitrogens is 3. The minimum absolute atomic E-state index is 0.0277. The maximum Gasteiger partial charge on any atom is 0.410 e. The molecule has 0 radical (unpaired) electrons. The van der Waals surface area contributed by atoms with E-state index in [0.717, 1.165) is 55.4 Å². The van der Waals surface area contributed by atoms with Gasteiger partial charge in [0.05, 0.1) is 24.7 Å². The van der Waals surface area contributed by atoms with Gasteiger partial charge in [0.15, 0.2) is 10.6 Å². The summed E-state index contributed by atoms with van der Waals surface area (Å²) in [5, 5.41) is 2.46. The second-order valence-electron chi connectivity index (χ2n) is 14.3. The Balaban J connectivity index is 1.13. The number of rotatable bonds is 7. The van der Waals surface area contributed by atoms with Crippen LogP contribution in [-0.2, 0) is 4.74 Å². The van der Waals surface area contributed by atoms with Crippen LogP contribution in [0.5, 0.6) is 22.7 Å². The van der Waals surface area contributed by atoms with E-state index in [2.05, 4.69) is 9.80 Å². The normalized spacial score (nSPS) is 22.2. The molecule has 12 heteroatoms. The zero-order valence-electron chi connectivity index (χ0n) is 27.5. The van der Waals surface area contributed by atoms with Crippen LogP contribution in [0.4, 0.5) is 10.6 Å².